The first-order valence-electron chi connectivity index (χ1n) is 8.67. The number of aromatic nitrogens is 2. The Bertz CT molecular complexity index is 801. The summed E-state index contributed by atoms with van der Waals surface area (Å²) >= 11 is 4.13. The SMILES string of the molecule is CCOC(=O)c1c(NC(=O)CSc2nnc(NC(C)C)s2)sc(C)c1CC. The predicted octanol–water partition coefficient (Wildman–Crippen LogP) is 4.20. The molecule has 0 fully saturated rings. The molecule has 0 aliphatic heterocycles. The third-order valence-corrected chi connectivity index (χ3v) is 6.49. The number of nitrogens with one attached hydrogen (secondary N) is 2. The van der Waals surface area contributed by atoms with Crippen LogP contribution >= 0.6 is 34.4 Å². The average Bonchev–Trinajstić information content (AvgIpc) is 3.16. The van der Waals surface area contributed by atoms with Crippen molar-refractivity contribution < 1.29 is 14.3 Å². The number of hydrogen-bond acceptors (Lipinski definition) is 9. The molecular weight excluding hydrogens is 404 g/mol. The molecule has 10 heteroatoms. The molecule has 2 rings (SSSR count). The molecule has 0 aliphatic carbocycles. The van der Waals surface area contributed by atoms with E-state index in [-0.39, 0.29) is 17.7 Å². The Kier molecular flexibility index (Phi) is 8.06. The average molecular weight is 429 g/mol. The highest BCUT2D eigenvalue weighted by Gasteiger charge is 2.23. The van der Waals surface area contributed by atoms with Gasteiger partial charge in [0.25, 0.3) is 0 Å². The number of anilines is 2. The molecule has 0 spiro atoms. The van der Waals surface area contributed by atoms with Crippen molar-refractivity contribution in [1.82, 2.24) is 10.2 Å². The second kappa shape index (κ2) is 10.0. The second-order valence-electron chi connectivity index (χ2n) is 5.92. The van der Waals surface area contributed by atoms with Crippen LogP contribution in [-0.4, -0.2) is 40.5 Å². The van der Waals surface area contributed by atoms with Gasteiger partial charge in [-0.15, -0.1) is 21.5 Å². The number of thioether (sulfide) groups is 1. The molecule has 0 bridgehead atoms. The number of ether oxygens (including phenoxy) is 1. The van der Waals surface area contributed by atoms with Gasteiger partial charge in [0.05, 0.1) is 17.9 Å². The Labute approximate surface area is 171 Å². The molecule has 27 heavy (non-hydrogen) atoms. The highest BCUT2D eigenvalue weighted by atomic mass is 32.2. The quantitative estimate of drug-likeness (QED) is 0.457. The lowest BCUT2D eigenvalue weighted by Crippen LogP contribution is -2.16. The topological polar surface area (TPSA) is 93.2 Å². The molecule has 0 unspecified atom stereocenters. The lowest BCUT2D eigenvalue weighted by Gasteiger charge is -2.07. The summed E-state index contributed by atoms with van der Waals surface area (Å²) in [6.07, 6.45) is 0.706. The third kappa shape index (κ3) is 5.91. The maximum Gasteiger partial charge on any atom is 0.341 e. The number of esters is 1. The maximum absolute atomic E-state index is 12.4. The number of amides is 1. The normalized spacial score (nSPS) is 10.9. The zero-order valence-electron chi connectivity index (χ0n) is 16.0. The van der Waals surface area contributed by atoms with Gasteiger partial charge in [0.15, 0.2) is 4.34 Å². The van der Waals surface area contributed by atoms with Gasteiger partial charge in [-0.1, -0.05) is 30.0 Å². The van der Waals surface area contributed by atoms with Gasteiger partial charge in [0.1, 0.15) is 5.00 Å². The monoisotopic (exact) mass is 428 g/mol. The van der Waals surface area contributed by atoms with Crippen LogP contribution in [0.3, 0.4) is 0 Å². The van der Waals surface area contributed by atoms with Crippen LogP contribution in [-0.2, 0) is 16.0 Å². The molecule has 0 radical (unpaired) electrons. The van der Waals surface area contributed by atoms with Crippen molar-refractivity contribution in [3.8, 4) is 0 Å². The summed E-state index contributed by atoms with van der Waals surface area (Å²) in [5.74, 6) is -0.394. The number of rotatable bonds is 9. The summed E-state index contributed by atoms with van der Waals surface area (Å²) in [7, 11) is 0. The van der Waals surface area contributed by atoms with Crippen LogP contribution in [0.15, 0.2) is 4.34 Å². The van der Waals surface area contributed by atoms with Crippen molar-refractivity contribution in [3.05, 3.63) is 16.0 Å². The summed E-state index contributed by atoms with van der Waals surface area (Å²) in [5, 5.41) is 15.4. The third-order valence-electron chi connectivity index (χ3n) is 3.44. The van der Waals surface area contributed by atoms with E-state index in [1.54, 1.807) is 6.92 Å². The molecule has 2 aromatic heterocycles. The van der Waals surface area contributed by atoms with Crippen molar-refractivity contribution in [2.45, 2.75) is 51.4 Å². The highest BCUT2D eigenvalue weighted by molar-refractivity contribution is 8.01. The van der Waals surface area contributed by atoms with Gasteiger partial charge in [0.2, 0.25) is 11.0 Å². The maximum atomic E-state index is 12.4. The largest absolute Gasteiger partial charge is 0.462 e. The van der Waals surface area contributed by atoms with Gasteiger partial charge in [-0.05, 0) is 39.7 Å². The Morgan fingerprint density at radius 1 is 1.22 bits per heavy atom. The molecule has 0 saturated heterocycles. The zero-order chi connectivity index (χ0) is 20.0. The molecule has 2 N–H and O–H groups in total. The van der Waals surface area contributed by atoms with Crippen molar-refractivity contribution in [3.63, 3.8) is 0 Å². The lowest BCUT2D eigenvalue weighted by molar-refractivity contribution is -0.113. The van der Waals surface area contributed by atoms with Crippen molar-refractivity contribution >= 4 is 56.4 Å². The Morgan fingerprint density at radius 3 is 2.59 bits per heavy atom. The van der Waals surface area contributed by atoms with Crippen LogP contribution in [0, 0.1) is 6.92 Å². The molecule has 0 atom stereocenters. The first kappa shape index (κ1) is 21.6. The molecule has 0 saturated carbocycles. The second-order valence-corrected chi connectivity index (χ2v) is 9.35. The molecule has 7 nitrogen and oxygen atoms in total. The molecule has 0 aliphatic rings. The summed E-state index contributed by atoms with van der Waals surface area (Å²) in [5.41, 5.74) is 1.40. The minimum Gasteiger partial charge on any atom is -0.462 e. The van der Waals surface area contributed by atoms with E-state index in [9.17, 15) is 9.59 Å². The number of hydrogen-bond donors (Lipinski definition) is 2. The van der Waals surface area contributed by atoms with Gasteiger partial charge < -0.3 is 15.4 Å². The Balaban J connectivity index is 2.03. The fourth-order valence-corrected chi connectivity index (χ4v) is 5.22. The van der Waals surface area contributed by atoms with Crippen LogP contribution in [0.1, 0.15) is 48.5 Å². The number of thiophene rings is 1. The van der Waals surface area contributed by atoms with Crippen LogP contribution in [0.2, 0.25) is 0 Å². The van der Waals surface area contributed by atoms with Crippen molar-refractivity contribution in [2.75, 3.05) is 23.0 Å². The smallest absolute Gasteiger partial charge is 0.341 e. The lowest BCUT2D eigenvalue weighted by atomic mass is 10.1. The number of carbonyl (C=O) groups excluding carboxylic acids is 2. The van der Waals surface area contributed by atoms with Crippen LogP contribution in [0.25, 0.3) is 0 Å². The predicted molar refractivity (Wildman–Crippen MR) is 112 cm³/mol. The van der Waals surface area contributed by atoms with Gasteiger partial charge in [-0.2, -0.15) is 0 Å². The van der Waals surface area contributed by atoms with Crippen molar-refractivity contribution in [1.29, 1.82) is 0 Å². The van der Waals surface area contributed by atoms with Gasteiger partial charge >= 0.3 is 5.97 Å². The van der Waals surface area contributed by atoms with E-state index in [2.05, 4.69) is 20.8 Å². The van der Waals surface area contributed by atoms with Gasteiger partial charge in [-0.25, -0.2) is 4.79 Å². The minimum absolute atomic E-state index is 0.191. The van der Waals surface area contributed by atoms with E-state index < -0.39 is 5.97 Å². The molecule has 2 heterocycles. The molecule has 0 aromatic carbocycles. The fraction of sp³-hybridized carbons (Fsp3) is 0.529. The van der Waals surface area contributed by atoms with E-state index in [0.717, 1.165) is 19.9 Å². The number of aryl methyl sites for hydroxylation is 1. The van der Waals surface area contributed by atoms with E-state index in [1.807, 2.05) is 27.7 Å². The summed E-state index contributed by atoms with van der Waals surface area (Å²) in [4.78, 5) is 25.7. The molecule has 148 valence electrons. The number of carbonyl (C=O) groups is 2. The van der Waals surface area contributed by atoms with Crippen LogP contribution < -0.4 is 10.6 Å². The van der Waals surface area contributed by atoms with E-state index >= 15 is 0 Å². The van der Waals surface area contributed by atoms with E-state index in [1.165, 1.54) is 34.4 Å². The van der Waals surface area contributed by atoms with Gasteiger partial charge in [-0.3, -0.25) is 4.79 Å². The van der Waals surface area contributed by atoms with Crippen molar-refractivity contribution in [2.24, 2.45) is 0 Å². The van der Waals surface area contributed by atoms with Gasteiger partial charge in [0, 0.05) is 10.9 Å². The summed E-state index contributed by atoms with van der Waals surface area (Å²) < 4.78 is 5.88. The first-order chi connectivity index (χ1) is 12.8. The zero-order valence-corrected chi connectivity index (χ0v) is 18.5. The summed E-state index contributed by atoms with van der Waals surface area (Å²) in [6.45, 7) is 10.0. The number of nitrogens with zero attached hydrogens (tertiary/aromatic N) is 2. The Hall–Kier alpha value is -1.65. The molecule has 1 amide bonds. The first-order valence-corrected chi connectivity index (χ1v) is 11.3. The highest BCUT2D eigenvalue weighted by Crippen LogP contribution is 2.34. The van der Waals surface area contributed by atoms with E-state index in [4.69, 9.17) is 4.74 Å². The summed E-state index contributed by atoms with van der Waals surface area (Å²) in [6, 6.07) is 0.273. The minimum atomic E-state index is -0.393. The van der Waals surface area contributed by atoms with E-state index in [0.29, 0.717) is 23.6 Å². The van der Waals surface area contributed by atoms with Crippen LogP contribution in [0.5, 0.6) is 0 Å². The van der Waals surface area contributed by atoms with Crippen LogP contribution in [0.4, 0.5) is 10.1 Å². The fourth-order valence-electron chi connectivity index (χ4n) is 2.38. The standard InChI is InChI=1S/C17H24N4O3S3/c1-6-11-10(5)26-14(13(11)15(23)24-7-2)19-12(22)8-25-17-21-20-16(27-17)18-9(3)4/h9H,6-8H2,1-5H3,(H,18,20)(H,19,22). The molecule has 2 aromatic rings. The Morgan fingerprint density at radius 2 is 1.96 bits per heavy atom. The molecular formula is C17H24N4O3S3.